The lowest BCUT2D eigenvalue weighted by Crippen LogP contribution is -2.31. The van der Waals surface area contributed by atoms with Gasteiger partial charge in [-0.05, 0) is 55.8 Å². The molecule has 2 heterocycles. The first-order valence-corrected chi connectivity index (χ1v) is 11.2. The van der Waals surface area contributed by atoms with Crippen molar-refractivity contribution in [3.8, 4) is 11.5 Å². The van der Waals surface area contributed by atoms with Gasteiger partial charge in [0.1, 0.15) is 0 Å². The highest BCUT2D eigenvalue weighted by Gasteiger charge is 2.34. The second-order valence-corrected chi connectivity index (χ2v) is 8.02. The fourth-order valence-electron chi connectivity index (χ4n) is 4.42. The molecule has 1 aliphatic rings. The van der Waals surface area contributed by atoms with Gasteiger partial charge in [-0.15, -0.1) is 0 Å². The van der Waals surface area contributed by atoms with E-state index in [1.807, 2.05) is 86.6 Å². The molecule has 0 aliphatic carbocycles. The number of aromatic nitrogens is 2. The average molecular weight is 455 g/mol. The van der Waals surface area contributed by atoms with Crippen molar-refractivity contribution in [3.05, 3.63) is 89.6 Å². The van der Waals surface area contributed by atoms with E-state index in [1.165, 1.54) is 0 Å². The molecule has 2 N–H and O–H groups in total. The van der Waals surface area contributed by atoms with Crippen molar-refractivity contribution < 1.29 is 14.3 Å². The monoisotopic (exact) mass is 454 g/mol. The first-order chi connectivity index (χ1) is 16.6. The first-order valence-electron chi connectivity index (χ1n) is 11.2. The Hall–Kier alpha value is -4.26. The molecule has 0 radical (unpaired) electrons. The maximum Gasteiger partial charge on any atom is 0.255 e. The van der Waals surface area contributed by atoms with E-state index in [1.54, 1.807) is 7.11 Å². The summed E-state index contributed by atoms with van der Waals surface area (Å²) < 4.78 is 13.4. The second-order valence-electron chi connectivity index (χ2n) is 8.02. The minimum absolute atomic E-state index is 0.183. The molecular weight excluding hydrogens is 428 g/mol. The van der Waals surface area contributed by atoms with E-state index in [9.17, 15) is 4.79 Å². The van der Waals surface area contributed by atoms with Gasteiger partial charge in [0.25, 0.3) is 5.91 Å². The molecule has 0 saturated carbocycles. The topological polar surface area (TPSA) is 77.4 Å². The third-order valence-electron chi connectivity index (χ3n) is 5.91. The molecule has 5 rings (SSSR count). The number of benzene rings is 3. The molecule has 1 aromatic heterocycles. The summed E-state index contributed by atoms with van der Waals surface area (Å²) in [5.74, 6) is 1.78. The van der Waals surface area contributed by atoms with E-state index in [4.69, 9.17) is 14.5 Å². The van der Waals surface area contributed by atoms with E-state index < -0.39 is 6.04 Å². The number of allylic oxidation sites excluding steroid dienone is 1. The number of nitrogens with zero attached hydrogens (tertiary/aromatic N) is 2. The highest BCUT2D eigenvalue weighted by molar-refractivity contribution is 6.06. The molecule has 172 valence electrons. The number of amides is 1. The zero-order chi connectivity index (χ0) is 23.7. The van der Waals surface area contributed by atoms with Crippen LogP contribution in [0.3, 0.4) is 0 Å². The van der Waals surface area contributed by atoms with Crippen LogP contribution in [0.25, 0.3) is 11.0 Å². The highest BCUT2D eigenvalue weighted by Crippen LogP contribution is 2.41. The van der Waals surface area contributed by atoms with Crippen LogP contribution in [0.15, 0.2) is 84.1 Å². The normalized spacial score (nSPS) is 15.0. The van der Waals surface area contributed by atoms with E-state index in [-0.39, 0.29) is 5.91 Å². The van der Waals surface area contributed by atoms with Crippen molar-refractivity contribution in [2.75, 3.05) is 24.4 Å². The predicted molar refractivity (Wildman–Crippen MR) is 133 cm³/mol. The number of carbonyl (C=O) groups excluding carboxylic acids is 1. The van der Waals surface area contributed by atoms with Gasteiger partial charge in [0.05, 0.1) is 36.4 Å². The summed E-state index contributed by atoms with van der Waals surface area (Å²) in [6, 6.07) is 22.7. The fourth-order valence-corrected chi connectivity index (χ4v) is 4.42. The Kier molecular flexibility index (Phi) is 5.67. The van der Waals surface area contributed by atoms with Gasteiger partial charge in [-0.3, -0.25) is 9.36 Å². The molecule has 7 heteroatoms. The van der Waals surface area contributed by atoms with Crippen molar-refractivity contribution >= 4 is 28.6 Å². The SMILES string of the molecule is CCOc1ccc(C2C(C(=O)Nc3ccccc3)=C(C)Nc3nc4ccccc4n32)cc1OC. The van der Waals surface area contributed by atoms with Gasteiger partial charge in [-0.2, -0.15) is 0 Å². The molecular formula is C27H26N4O3. The molecule has 7 nitrogen and oxygen atoms in total. The maximum atomic E-state index is 13.7. The van der Waals surface area contributed by atoms with Crippen molar-refractivity contribution in [2.24, 2.45) is 0 Å². The maximum absolute atomic E-state index is 13.7. The summed E-state index contributed by atoms with van der Waals surface area (Å²) in [6.45, 7) is 4.37. The first kappa shape index (κ1) is 21.6. The Labute approximate surface area is 198 Å². The Morgan fingerprint density at radius 2 is 1.82 bits per heavy atom. The number of hydrogen-bond donors (Lipinski definition) is 2. The summed E-state index contributed by atoms with van der Waals surface area (Å²) in [5, 5.41) is 6.39. The van der Waals surface area contributed by atoms with Crippen molar-refractivity contribution in [2.45, 2.75) is 19.9 Å². The number of anilines is 2. The van der Waals surface area contributed by atoms with Gasteiger partial charge in [0.15, 0.2) is 11.5 Å². The number of methoxy groups -OCH3 is 1. The van der Waals surface area contributed by atoms with Gasteiger partial charge < -0.3 is 20.1 Å². The number of hydrogen-bond acceptors (Lipinski definition) is 5. The van der Waals surface area contributed by atoms with Crippen LogP contribution in [0.2, 0.25) is 0 Å². The number of rotatable bonds is 6. The van der Waals surface area contributed by atoms with Crippen molar-refractivity contribution in [1.82, 2.24) is 9.55 Å². The van der Waals surface area contributed by atoms with E-state index >= 15 is 0 Å². The van der Waals surface area contributed by atoms with Crippen LogP contribution < -0.4 is 20.1 Å². The molecule has 0 fully saturated rings. The van der Waals surface area contributed by atoms with Crippen molar-refractivity contribution in [1.29, 1.82) is 0 Å². The van der Waals surface area contributed by atoms with Crippen LogP contribution in [0.1, 0.15) is 25.5 Å². The van der Waals surface area contributed by atoms with Gasteiger partial charge >= 0.3 is 0 Å². The number of nitrogens with one attached hydrogen (secondary N) is 2. The lowest BCUT2D eigenvalue weighted by molar-refractivity contribution is -0.113. The Balaban J connectivity index is 1.68. The fraction of sp³-hybridized carbons (Fsp3) is 0.185. The molecule has 1 unspecified atom stereocenters. The van der Waals surface area contributed by atoms with E-state index in [2.05, 4.69) is 15.2 Å². The lowest BCUT2D eigenvalue weighted by Gasteiger charge is -2.31. The molecule has 1 atom stereocenters. The number of carbonyl (C=O) groups is 1. The summed E-state index contributed by atoms with van der Waals surface area (Å²) in [5.41, 5.74) is 4.76. The number of imidazole rings is 1. The van der Waals surface area contributed by atoms with Crippen molar-refractivity contribution in [3.63, 3.8) is 0 Å². The highest BCUT2D eigenvalue weighted by atomic mass is 16.5. The average Bonchev–Trinajstić information content (AvgIpc) is 3.22. The summed E-state index contributed by atoms with van der Waals surface area (Å²) in [4.78, 5) is 18.4. The predicted octanol–water partition coefficient (Wildman–Crippen LogP) is 5.37. The summed E-state index contributed by atoms with van der Waals surface area (Å²) in [6.07, 6.45) is 0. The molecule has 0 spiro atoms. The molecule has 34 heavy (non-hydrogen) atoms. The summed E-state index contributed by atoms with van der Waals surface area (Å²) >= 11 is 0. The third kappa shape index (κ3) is 3.75. The summed E-state index contributed by atoms with van der Waals surface area (Å²) in [7, 11) is 1.62. The van der Waals surface area contributed by atoms with Crippen LogP contribution >= 0.6 is 0 Å². The number of para-hydroxylation sites is 3. The van der Waals surface area contributed by atoms with Gasteiger partial charge in [0, 0.05) is 11.4 Å². The van der Waals surface area contributed by atoms with Crippen LogP contribution in [-0.2, 0) is 4.79 Å². The molecule has 0 bridgehead atoms. The largest absolute Gasteiger partial charge is 0.493 e. The molecule has 1 aliphatic heterocycles. The third-order valence-corrected chi connectivity index (χ3v) is 5.91. The smallest absolute Gasteiger partial charge is 0.255 e. The van der Waals surface area contributed by atoms with Gasteiger partial charge in [-0.1, -0.05) is 36.4 Å². The van der Waals surface area contributed by atoms with Crippen LogP contribution in [0.5, 0.6) is 11.5 Å². The standard InChI is InChI=1S/C27H26N4O3/c1-4-34-22-15-14-18(16-23(22)33-3)25-24(26(32)29-19-10-6-5-7-11-19)17(2)28-27-30-20-12-8-9-13-21(20)31(25)27/h5-16,25H,4H2,1-3H3,(H,28,30)(H,29,32). The Morgan fingerprint density at radius 1 is 1.06 bits per heavy atom. The molecule has 3 aromatic carbocycles. The zero-order valence-electron chi connectivity index (χ0n) is 19.3. The molecule has 1 amide bonds. The quantitative estimate of drug-likeness (QED) is 0.410. The van der Waals surface area contributed by atoms with E-state index in [0.717, 1.165) is 28.0 Å². The number of ether oxygens (including phenoxy) is 2. The van der Waals surface area contributed by atoms with Crippen LogP contribution in [0, 0.1) is 0 Å². The Bertz CT molecular complexity index is 1390. The Morgan fingerprint density at radius 3 is 2.59 bits per heavy atom. The van der Waals surface area contributed by atoms with Crippen LogP contribution in [0.4, 0.5) is 11.6 Å². The number of fused-ring (bicyclic) bond motifs is 3. The molecule has 0 saturated heterocycles. The van der Waals surface area contributed by atoms with E-state index in [0.29, 0.717) is 29.6 Å². The second kappa shape index (κ2) is 8.94. The molecule has 4 aromatic rings. The minimum Gasteiger partial charge on any atom is -0.493 e. The lowest BCUT2D eigenvalue weighted by atomic mass is 9.94. The van der Waals surface area contributed by atoms with Gasteiger partial charge in [-0.25, -0.2) is 4.98 Å². The minimum atomic E-state index is -0.420. The van der Waals surface area contributed by atoms with Gasteiger partial charge in [0.2, 0.25) is 5.95 Å². The van der Waals surface area contributed by atoms with Crippen LogP contribution in [-0.4, -0.2) is 29.2 Å². The zero-order valence-corrected chi connectivity index (χ0v) is 19.3.